The average molecular weight is 483 g/mol. The molecular formula is C28H30N6O2. The van der Waals surface area contributed by atoms with Crippen LogP contribution < -0.4 is 15.0 Å². The minimum atomic E-state index is 0.507. The summed E-state index contributed by atoms with van der Waals surface area (Å²) in [6.07, 6.45) is 4.16. The number of aromatic nitrogens is 2. The molecule has 3 heterocycles. The normalized spacial score (nSPS) is 18.4. The van der Waals surface area contributed by atoms with Gasteiger partial charge in [0.15, 0.2) is 5.82 Å². The molecule has 36 heavy (non-hydrogen) atoms. The zero-order valence-electron chi connectivity index (χ0n) is 20.3. The summed E-state index contributed by atoms with van der Waals surface area (Å²) in [5.41, 5.74) is 3.50. The zero-order valence-corrected chi connectivity index (χ0v) is 20.3. The van der Waals surface area contributed by atoms with Gasteiger partial charge < -0.3 is 19.7 Å². The van der Waals surface area contributed by atoms with E-state index in [1.807, 2.05) is 18.2 Å². The Bertz CT molecular complexity index is 1240. The quantitative estimate of drug-likeness (QED) is 0.514. The van der Waals surface area contributed by atoms with Crippen LogP contribution in [-0.4, -0.2) is 66.9 Å². The molecule has 0 amide bonds. The minimum absolute atomic E-state index is 0.507. The number of piperazine rings is 1. The largest absolute Gasteiger partial charge is 0.492 e. The summed E-state index contributed by atoms with van der Waals surface area (Å²) in [6.45, 7) is 6.67. The van der Waals surface area contributed by atoms with Crippen molar-refractivity contribution in [1.29, 1.82) is 5.26 Å². The fourth-order valence-corrected chi connectivity index (χ4v) is 4.62. The maximum atomic E-state index is 9.59. The molecule has 0 radical (unpaired) electrons. The van der Waals surface area contributed by atoms with Gasteiger partial charge in [-0.2, -0.15) is 5.26 Å². The van der Waals surface area contributed by atoms with Crippen molar-refractivity contribution in [3.05, 3.63) is 60.3 Å². The van der Waals surface area contributed by atoms with Gasteiger partial charge in [0, 0.05) is 49.3 Å². The van der Waals surface area contributed by atoms with E-state index < -0.39 is 0 Å². The van der Waals surface area contributed by atoms with Crippen LogP contribution in [0.1, 0.15) is 18.4 Å². The second-order valence-electron chi connectivity index (χ2n) is 9.73. The molecule has 0 spiro atoms. The molecule has 8 heteroatoms. The summed E-state index contributed by atoms with van der Waals surface area (Å²) in [5.74, 6) is 2.53. The van der Waals surface area contributed by atoms with Crippen LogP contribution in [-0.2, 0) is 4.74 Å². The van der Waals surface area contributed by atoms with E-state index in [-0.39, 0.29) is 0 Å². The molecule has 0 atom stereocenters. The molecule has 1 aromatic heterocycles. The van der Waals surface area contributed by atoms with Crippen LogP contribution in [0.4, 0.5) is 17.2 Å². The summed E-state index contributed by atoms with van der Waals surface area (Å²) < 4.78 is 11.2. The van der Waals surface area contributed by atoms with E-state index in [4.69, 9.17) is 9.47 Å². The van der Waals surface area contributed by atoms with Crippen molar-refractivity contribution in [2.24, 2.45) is 5.92 Å². The smallest absolute Gasteiger partial charge is 0.161 e. The number of nitriles is 1. The van der Waals surface area contributed by atoms with E-state index >= 15 is 0 Å². The molecule has 3 aliphatic rings. The van der Waals surface area contributed by atoms with E-state index in [1.54, 1.807) is 12.3 Å². The molecule has 3 fully saturated rings. The van der Waals surface area contributed by atoms with Crippen molar-refractivity contribution in [2.45, 2.75) is 18.9 Å². The Morgan fingerprint density at radius 2 is 1.83 bits per heavy atom. The van der Waals surface area contributed by atoms with Gasteiger partial charge in [-0.25, -0.2) is 9.97 Å². The van der Waals surface area contributed by atoms with Crippen molar-refractivity contribution in [3.8, 4) is 23.2 Å². The lowest BCUT2D eigenvalue weighted by molar-refractivity contribution is -0.0660. The highest BCUT2D eigenvalue weighted by Crippen LogP contribution is 2.31. The maximum absolute atomic E-state index is 9.59. The lowest BCUT2D eigenvalue weighted by Crippen LogP contribution is -2.56. The molecule has 2 aliphatic heterocycles. The molecule has 1 N–H and O–H groups in total. The summed E-state index contributed by atoms with van der Waals surface area (Å²) >= 11 is 0. The lowest BCUT2D eigenvalue weighted by atomic mass is 10.1. The highest BCUT2D eigenvalue weighted by Gasteiger charge is 2.28. The van der Waals surface area contributed by atoms with Crippen molar-refractivity contribution in [2.75, 3.05) is 56.2 Å². The summed E-state index contributed by atoms with van der Waals surface area (Å²) in [7, 11) is 0. The Kier molecular flexibility index (Phi) is 6.41. The second-order valence-corrected chi connectivity index (χ2v) is 9.73. The Hall–Kier alpha value is -3.67. The minimum Gasteiger partial charge on any atom is -0.492 e. The van der Waals surface area contributed by atoms with Crippen LogP contribution >= 0.6 is 0 Å². The maximum Gasteiger partial charge on any atom is 0.161 e. The first-order chi connectivity index (χ1) is 17.7. The summed E-state index contributed by atoms with van der Waals surface area (Å²) in [6, 6.07) is 18.7. The van der Waals surface area contributed by atoms with Crippen LogP contribution in [0.15, 0.2) is 54.7 Å². The number of benzene rings is 2. The van der Waals surface area contributed by atoms with E-state index in [0.29, 0.717) is 41.5 Å². The van der Waals surface area contributed by atoms with Gasteiger partial charge in [-0.05, 0) is 67.3 Å². The molecule has 6 rings (SSSR count). The van der Waals surface area contributed by atoms with Crippen LogP contribution in [0.2, 0.25) is 0 Å². The molecular weight excluding hydrogens is 452 g/mol. The van der Waals surface area contributed by atoms with E-state index in [2.05, 4.69) is 55.4 Å². The average Bonchev–Trinajstić information content (AvgIpc) is 3.72. The predicted molar refractivity (Wildman–Crippen MR) is 139 cm³/mol. The first kappa shape index (κ1) is 22.8. The van der Waals surface area contributed by atoms with E-state index in [1.165, 1.54) is 18.5 Å². The number of rotatable bonds is 8. The first-order valence-electron chi connectivity index (χ1n) is 12.7. The number of nitrogens with one attached hydrogen (secondary N) is 1. The number of nitrogens with zero attached hydrogens (tertiary/aromatic N) is 5. The van der Waals surface area contributed by atoms with Crippen molar-refractivity contribution in [3.63, 3.8) is 0 Å². The van der Waals surface area contributed by atoms with Crippen molar-refractivity contribution < 1.29 is 9.47 Å². The number of ether oxygens (including phenoxy) is 2. The fraction of sp³-hybridized carbons (Fsp3) is 0.393. The van der Waals surface area contributed by atoms with Gasteiger partial charge in [0.2, 0.25) is 0 Å². The van der Waals surface area contributed by atoms with Crippen LogP contribution in [0.5, 0.6) is 5.75 Å². The number of hydrogen-bond donors (Lipinski definition) is 1. The SMILES string of the molecule is N#Cc1cc(-c2nccc(Nc3ccc(N4CCN(C5COC5)CC4)cc3)n2)ccc1OCC1CC1. The summed E-state index contributed by atoms with van der Waals surface area (Å²) in [4.78, 5) is 14.1. The van der Waals surface area contributed by atoms with Gasteiger partial charge in [0.1, 0.15) is 17.6 Å². The van der Waals surface area contributed by atoms with Gasteiger partial charge in [-0.1, -0.05) is 0 Å². The molecule has 2 saturated heterocycles. The molecule has 3 aromatic rings. The molecule has 1 aliphatic carbocycles. The van der Waals surface area contributed by atoms with Crippen LogP contribution in [0, 0.1) is 17.2 Å². The molecule has 184 valence electrons. The molecule has 0 unspecified atom stereocenters. The molecule has 2 aromatic carbocycles. The predicted octanol–water partition coefficient (Wildman–Crippen LogP) is 4.07. The number of hydrogen-bond acceptors (Lipinski definition) is 8. The van der Waals surface area contributed by atoms with Gasteiger partial charge in [0.05, 0.1) is 31.4 Å². The van der Waals surface area contributed by atoms with Crippen LogP contribution in [0.25, 0.3) is 11.4 Å². The van der Waals surface area contributed by atoms with Gasteiger partial charge in [0.25, 0.3) is 0 Å². The Labute approximate surface area is 211 Å². The third-order valence-corrected chi connectivity index (χ3v) is 7.14. The highest BCUT2D eigenvalue weighted by molar-refractivity contribution is 5.65. The van der Waals surface area contributed by atoms with E-state index in [9.17, 15) is 5.26 Å². The monoisotopic (exact) mass is 482 g/mol. The van der Waals surface area contributed by atoms with Crippen molar-refractivity contribution >= 4 is 17.2 Å². The topological polar surface area (TPSA) is 86.5 Å². The third-order valence-electron chi connectivity index (χ3n) is 7.14. The first-order valence-corrected chi connectivity index (χ1v) is 12.7. The van der Waals surface area contributed by atoms with Gasteiger partial charge in [-0.15, -0.1) is 0 Å². The van der Waals surface area contributed by atoms with Crippen LogP contribution in [0.3, 0.4) is 0 Å². The van der Waals surface area contributed by atoms with Crippen molar-refractivity contribution in [1.82, 2.24) is 14.9 Å². The second kappa shape index (κ2) is 10.1. The Morgan fingerprint density at radius 1 is 1.03 bits per heavy atom. The van der Waals surface area contributed by atoms with Gasteiger partial charge in [-0.3, -0.25) is 4.90 Å². The molecule has 8 nitrogen and oxygen atoms in total. The van der Waals surface area contributed by atoms with Gasteiger partial charge >= 0.3 is 0 Å². The number of anilines is 3. The third kappa shape index (κ3) is 5.13. The standard InChI is InChI=1S/C28H30N6O2/c29-16-22-15-21(3-8-26(22)36-17-20-1-2-20)28-30-10-9-27(32-28)31-23-4-6-24(7-5-23)33-11-13-34(14-12-33)25-18-35-19-25/h3-10,15,20,25H,1-2,11-14,17-19H2,(H,30,31,32). The molecule has 1 saturated carbocycles. The lowest BCUT2D eigenvalue weighted by Gasteiger charge is -2.43. The Morgan fingerprint density at radius 3 is 2.53 bits per heavy atom. The molecule has 0 bridgehead atoms. The Balaban J connectivity index is 1.09. The highest BCUT2D eigenvalue weighted by atomic mass is 16.5. The zero-order chi connectivity index (χ0) is 24.3. The fourth-order valence-electron chi connectivity index (χ4n) is 4.62. The van der Waals surface area contributed by atoms with E-state index in [0.717, 1.165) is 50.6 Å². The summed E-state index contributed by atoms with van der Waals surface area (Å²) in [5, 5.41) is 13.0.